The van der Waals surface area contributed by atoms with Crippen molar-refractivity contribution in [3.8, 4) is 0 Å². The lowest BCUT2D eigenvalue weighted by Crippen LogP contribution is -2.26. The molecule has 0 bridgehead atoms. The summed E-state index contributed by atoms with van der Waals surface area (Å²) in [5.74, 6) is 0.245. The maximum Gasteiger partial charge on any atom is 0.216 e. The summed E-state index contributed by atoms with van der Waals surface area (Å²) in [4.78, 5) is 23.5. The molecule has 120 valence electrons. The van der Waals surface area contributed by atoms with Gasteiger partial charge in [-0.05, 0) is 18.9 Å². The molecule has 2 rings (SSSR count). The molecule has 0 heterocycles. The summed E-state index contributed by atoms with van der Waals surface area (Å²) in [5, 5.41) is 2.87. The molecular weight excluding hydrogens is 286 g/mol. The third-order valence-electron chi connectivity index (χ3n) is 3.96. The van der Waals surface area contributed by atoms with Gasteiger partial charge in [0.1, 0.15) is 0 Å². The molecule has 0 spiro atoms. The number of aryl methyl sites for hydroxylation is 1. The van der Waals surface area contributed by atoms with E-state index in [1.54, 1.807) is 0 Å². The first-order valence-electron chi connectivity index (χ1n) is 7.95. The fraction of sp³-hybridized carbons (Fsp3) is 0.300. The number of carbonyl (C=O) groups excluding carboxylic acids is 2. The number of hydrogen-bond acceptors (Lipinski definition) is 2. The van der Waals surface area contributed by atoms with Gasteiger partial charge in [-0.1, -0.05) is 60.2 Å². The molecule has 0 fully saturated rings. The first kappa shape index (κ1) is 16.9. The summed E-state index contributed by atoms with van der Waals surface area (Å²) in [7, 11) is 0. The van der Waals surface area contributed by atoms with Crippen LogP contribution in [0.3, 0.4) is 0 Å². The van der Waals surface area contributed by atoms with Crippen LogP contribution in [0.15, 0.2) is 54.6 Å². The predicted octanol–water partition coefficient (Wildman–Crippen LogP) is 3.88. The molecule has 0 radical (unpaired) electrons. The molecule has 0 aliphatic rings. The molecular formula is C20H23NO2. The van der Waals surface area contributed by atoms with Crippen molar-refractivity contribution in [1.29, 1.82) is 0 Å². The Balaban J connectivity index is 2.03. The molecule has 1 unspecified atom stereocenters. The monoisotopic (exact) mass is 309 g/mol. The predicted molar refractivity (Wildman–Crippen MR) is 92.6 cm³/mol. The van der Waals surface area contributed by atoms with Crippen LogP contribution in [-0.4, -0.2) is 18.2 Å². The largest absolute Gasteiger partial charge is 0.356 e. The van der Waals surface area contributed by atoms with E-state index >= 15 is 0 Å². The topological polar surface area (TPSA) is 46.2 Å². The molecule has 0 aromatic heterocycles. The summed E-state index contributed by atoms with van der Waals surface area (Å²) in [5.41, 5.74) is 3.10. The highest BCUT2D eigenvalue weighted by atomic mass is 16.1. The maximum atomic E-state index is 12.3. The van der Waals surface area contributed by atoms with Crippen LogP contribution in [0.2, 0.25) is 0 Å². The van der Waals surface area contributed by atoms with Crippen molar-refractivity contribution in [2.24, 2.45) is 0 Å². The van der Waals surface area contributed by atoms with E-state index in [0.29, 0.717) is 13.0 Å². The maximum absolute atomic E-state index is 12.3. The van der Waals surface area contributed by atoms with Gasteiger partial charge in [-0.15, -0.1) is 0 Å². The zero-order chi connectivity index (χ0) is 16.7. The summed E-state index contributed by atoms with van der Waals surface area (Å²) >= 11 is 0. The number of rotatable bonds is 7. The SMILES string of the molecule is CC(=O)NCC(CCC(=O)c1ccccc1)c1ccc(C)cc1. The highest BCUT2D eigenvalue weighted by Gasteiger charge is 2.15. The Morgan fingerprint density at radius 1 is 1.00 bits per heavy atom. The number of benzene rings is 2. The van der Waals surface area contributed by atoms with Gasteiger partial charge in [0, 0.05) is 31.4 Å². The van der Waals surface area contributed by atoms with Gasteiger partial charge in [-0.3, -0.25) is 9.59 Å². The quantitative estimate of drug-likeness (QED) is 0.789. The van der Waals surface area contributed by atoms with E-state index in [1.807, 2.05) is 37.3 Å². The fourth-order valence-electron chi connectivity index (χ4n) is 2.57. The van der Waals surface area contributed by atoms with Crippen molar-refractivity contribution in [1.82, 2.24) is 5.32 Å². The van der Waals surface area contributed by atoms with Gasteiger partial charge in [0.25, 0.3) is 0 Å². The minimum atomic E-state index is -0.0449. The van der Waals surface area contributed by atoms with E-state index in [2.05, 4.69) is 29.6 Å². The number of hydrogen-bond donors (Lipinski definition) is 1. The van der Waals surface area contributed by atoms with Crippen molar-refractivity contribution in [3.05, 3.63) is 71.3 Å². The molecule has 0 aliphatic heterocycles. The number of ketones is 1. The molecule has 1 N–H and O–H groups in total. The smallest absolute Gasteiger partial charge is 0.216 e. The lowest BCUT2D eigenvalue weighted by atomic mass is 9.91. The van der Waals surface area contributed by atoms with Crippen molar-refractivity contribution < 1.29 is 9.59 Å². The van der Waals surface area contributed by atoms with Gasteiger partial charge < -0.3 is 5.32 Å². The van der Waals surface area contributed by atoms with Crippen LogP contribution in [0.4, 0.5) is 0 Å². The van der Waals surface area contributed by atoms with Crippen LogP contribution in [0.1, 0.15) is 47.2 Å². The minimum Gasteiger partial charge on any atom is -0.356 e. The Kier molecular flexibility index (Phi) is 6.10. The molecule has 2 aromatic carbocycles. The van der Waals surface area contributed by atoms with Crippen molar-refractivity contribution in [3.63, 3.8) is 0 Å². The molecule has 23 heavy (non-hydrogen) atoms. The zero-order valence-electron chi connectivity index (χ0n) is 13.7. The second kappa shape index (κ2) is 8.28. The summed E-state index contributed by atoms with van der Waals surface area (Å²) in [6.07, 6.45) is 1.19. The Labute approximate surface area is 137 Å². The van der Waals surface area contributed by atoms with Crippen LogP contribution in [0, 0.1) is 6.92 Å². The highest BCUT2D eigenvalue weighted by Crippen LogP contribution is 2.22. The molecule has 2 aromatic rings. The number of nitrogens with one attached hydrogen (secondary N) is 1. The van der Waals surface area contributed by atoms with Crippen LogP contribution < -0.4 is 5.32 Å². The van der Waals surface area contributed by atoms with Crippen LogP contribution >= 0.6 is 0 Å². The standard InChI is InChI=1S/C20H23NO2/c1-15-8-10-17(11-9-15)19(14-21-16(2)22)12-13-20(23)18-6-4-3-5-7-18/h3-11,19H,12-14H2,1-2H3,(H,21,22). The van der Waals surface area contributed by atoms with E-state index in [0.717, 1.165) is 17.5 Å². The van der Waals surface area contributed by atoms with E-state index in [4.69, 9.17) is 0 Å². The van der Waals surface area contributed by atoms with Gasteiger partial charge in [-0.25, -0.2) is 0 Å². The average molecular weight is 309 g/mol. The lowest BCUT2D eigenvalue weighted by Gasteiger charge is -2.18. The molecule has 1 amide bonds. The van der Waals surface area contributed by atoms with Crippen molar-refractivity contribution in [2.45, 2.75) is 32.6 Å². The molecule has 3 nitrogen and oxygen atoms in total. The third kappa shape index (κ3) is 5.37. The molecule has 3 heteroatoms. The Bertz CT molecular complexity index is 647. The van der Waals surface area contributed by atoms with Gasteiger partial charge in [0.2, 0.25) is 5.91 Å². The van der Waals surface area contributed by atoms with E-state index in [1.165, 1.54) is 12.5 Å². The lowest BCUT2D eigenvalue weighted by molar-refractivity contribution is -0.119. The second-order valence-corrected chi connectivity index (χ2v) is 5.87. The van der Waals surface area contributed by atoms with Gasteiger partial charge >= 0.3 is 0 Å². The summed E-state index contributed by atoms with van der Waals surface area (Å²) in [6, 6.07) is 17.6. The van der Waals surface area contributed by atoms with Crippen molar-refractivity contribution >= 4 is 11.7 Å². The van der Waals surface area contributed by atoms with E-state index in [-0.39, 0.29) is 17.6 Å². The molecule has 0 aliphatic carbocycles. The zero-order valence-corrected chi connectivity index (χ0v) is 13.7. The molecule has 0 saturated carbocycles. The van der Waals surface area contributed by atoms with Gasteiger partial charge in [-0.2, -0.15) is 0 Å². The Hall–Kier alpha value is -2.42. The Morgan fingerprint density at radius 3 is 2.26 bits per heavy atom. The average Bonchev–Trinajstić information content (AvgIpc) is 2.56. The van der Waals surface area contributed by atoms with Crippen LogP contribution in [-0.2, 0) is 4.79 Å². The minimum absolute atomic E-state index is 0.0449. The number of carbonyl (C=O) groups is 2. The third-order valence-corrected chi connectivity index (χ3v) is 3.96. The highest BCUT2D eigenvalue weighted by molar-refractivity contribution is 5.96. The van der Waals surface area contributed by atoms with E-state index in [9.17, 15) is 9.59 Å². The second-order valence-electron chi connectivity index (χ2n) is 5.87. The normalized spacial score (nSPS) is 11.7. The fourth-order valence-corrected chi connectivity index (χ4v) is 2.57. The number of Topliss-reactive ketones (excluding diaryl/α,β-unsaturated/α-hetero) is 1. The van der Waals surface area contributed by atoms with Gasteiger partial charge in [0.15, 0.2) is 5.78 Å². The molecule has 0 saturated heterocycles. The number of amides is 1. The van der Waals surface area contributed by atoms with Crippen molar-refractivity contribution in [2.75, 3.05) is 6.54 Å². The van der Waals surface area contributed by atoms with Gasteiger partial charge in [0.05, 0.1) is 0 Å². The van der Waals surface area contributed by atoms with Crippen LogP contribution in [0.5, 0.6) is 0 Å². The Morgan fingerprint density at radius 2 is 1.65 bits per heavy atom. The first-order chi connectivity index (χ1) is 11.1. The first-order valence-corrected chi connectivity index (χ1v) is 7.95. The summed E-state index contributed by atoms with van der Waals surface area (Å²) < 4.78 is 0. The summed E-state index contributed by atoms with van der Waals surface area (Å²) in [6.45, 7) is 4.12. The van der Waals surface area contributed by atoms with Crippen LogP contribution in [0.25, 0.3) is 0 Å². The van der Waals surface area contributed by atoms with E-state index < -0.39 is 0 Å². The molecule has 1 atom stereocenters.